The molecule has 0 saturated carbocycles. The first-order valence-corrected chi connectivity index (χ1v) is 13.6. The molecule has 0 aromatic heterocycles. The summed E-state index contributed by atoms with van der Waals surface area (Å²) in [5.74, 6) is 0. The average molecular weight is 487 g/mol. The van der Waals surface area contributed by atoms with Crippen LogP contribution < -0.4 is 10.4 Å². The van der Waals surface area contributed by atoms with Crippen molar-refractivity contribution in [1.82, 2.24) is 0 Å². The smallest absolute Gasteiger partial charge is 0.261 e. The number of ether oxygens (including phenoxy) is 3. The molecule has 3 rings (SSSR count). The van der Waals surface area contributed by atoms with Crippen molar-refractivity contribution in [2.45, 2.75) is 62.8 Å². The molecule has 186 valence electrons. The van der Waals surface area contributed by atoms with E-state index in [1.807, 2.05) is 36.4 Å². The minimum atomic E-state index is -2.77. The van der Waals surface area contributed by atoms with E-state index in [0.29, 0.717) is 0 Å². The maximum Gasteiger partial charge on any atom is 0.261 e. The molecule has 1 saturated heterocycles. The molecule has 0 bridgehead atoms. The maximum atomic E-state index is 10.9. The fourth-order valence-electron chi connectivity index (χ4n) is 4.80. The van der Waals surface area contributed by atoms with Crippen LogP contribution in [0, 0.1) is 0 Å². The second kappa shape index (κ2) is 11.7. The molecule has 2 aromatic rings. The van der Waals surface area contributed by atoms with Crippen molar-refractivity contribution in [2.24, 2.45) is 0 Å². The molecule has 2 aromatic carbocycles. The van der Waals surface area contributed by atoms with Gasteiger partial charge in [-0.3, -0.25) is 0 Å². The zero-order valence-corrected chi connectivity index (χ0v) is 21.6. The third-order valence-electron chi connectivity index (χ3n) is 6.44. The molecule has 0 aliphatic carbocycles. The molecule has 6 nitrogen and oxygen atoms in total. The van der Waals surface area contributed by atoms with Gasteiger partial charge in [-0.25, -0.2) is 0 Å². The van der Waals surface area contributed by atoms with E-state index >= 15 is 0 Å². The summed E-state index contributed by atoms with van der Waals surface area (Å²) < 4.78 is 24.1. The Morgan fingerprint density at radius 2 is 1.59 bits per heavy atom. The van der Waals surface area contributed by atoms with Gasteiger partial charge >= 0.3 is 0 Å². The lowest BCUT2D eigenvalue weighted by molar-refractivity contribution is -0.119. The fraction of sp³-hybridized carbons (Fsp3) is 0.481. The molecule has 0 amide bonds. The van der Waals surface area contributed by atoms with Crippen molar-refractivity contribution in [3.05, 3.63) is 73.3 Å². The Hall–Kier alpha value is -1.84. The van der Waals surface area contributed by atoms with Crippen LogP contribution in [0.25, 0.3) is 0 Å². The van der Waals surface area contributed by atoms with Crippen LogP contribution in [-0.2, 0) is 18.6 Å². The molecule has 0 spiro atoms. The van der Waals surface area contributed by atoms with Gasteiger partial charge in [0.15, 0.2) is 0 Å². The molecule has 1 aliphatic rings. The predicted molar refractivity (Wildman–Crippen MR) is 136 cm³/mol. The quantitative estimate of drug-likeness (QED) is 0.289. The van der Waals surface area contributed by atoms with Crippen LogP contribution in [0.3, 0.4) is 0 Å². The van der Waals surface area contributed by atoms with Gasteiger partial charge in [-0.15, -0.1) is 6.58 Å². The Morgan fingerprint density at radius 1 is 1.03 bits per heavy atom. The molecule has 1 aliphatic heterocycles. The zero-order chi connectivity index (χ0) is 24.8. The van der Waals surface area contributed by atoms with E-state index in [0.717, 1.165) is 0 Å². The third-order valence-corrected chi connectivity index (χ3v) is 11.4. The van der Waals surface area contributed by atoms with Crippen LogP contribution in [0.4, 0.5) is 0 Å². The summed E-state index contributed by atoms with van der Waals surface area (Å²) in [6, 6.07) is 20.7. The van der Waals surface area contributed by atoms with Crippen LogP contribution >= 0.6 is 0 Å². The summed E-state index contributed by atoms with van der Waals surface area (Å²) in [5.41, 5.74) is 0. The third kappa shape index (κ3) is 5.68. The van der Waals surface area contributed by atoms with Gasteiger partial charge < -0.3 is 28.8 Å². The highest BCUT2D eigenvalue weighted by atomic mass is 28.4. The number of benzene rings is 2. The molecule has 7 heteroatoms. The lowest BCUT2D eigenvalue weighted by atomic mass is 10.0. The van der Waals surface area contributed by atoms with Gasteiger partial charge in [-0.1, -0.05) is 87.5 Å². The summed E-state index contributed by atoms with van der Waals surface area (Å²) in [6.45, 7) is 10.5. The van der Waals surface area contributed by atoms with Crippen molar-refractivity contribution in [2.75, 3.05) is 20.5 Å². The van der Waals surface area contributed by atoms with E-state index < -0.39 is 38.8 Å². The Bertz CT molecular complexity index is 845. The van der Waals surface area contributed by atoms with Gasteiger partial charge in [0.25, 0.3) is 8.32 Å². The molecule has 1 unspecified atom stereocenters. The van der Waals surface area contributed by atoms with Crippen molar-refractivity contribution in [1.29, 1.82) is 0 Å². The molecule has 1 fully saturated rings. The largest absolute Gasteiger partial charge is 0.405 e. The number of rotatable bonds is 11. The van der Waals surface area contributed by atoms with Crippen molar-refractivity contribution < 1.29 is 28.8 Å². The molecular formula is C27H38O6Si. The Balaban J connectivity index is 1.95. The van der Waals surface area contributed by atoms with Gasteiger partial charge in [0.1, 0.15) is 25.1 Å². The SMILES string of the molecule is C=CC(O)C[C@H]1O[C@H](CO[Si](c2ccccc2)(c2ccccc2)C(C)(C)C)[C@H](OCOC)[C@H]1O. The maximum absolute atomic E-state index is 10.9. The van der Waals surface area contributed by atoms with Crippen LogP contribution in [-0.4, -0.2) is 69.6 Å². The van der Waals surface area contributed by atoms with E-state index in [1.54, 1.807) is 0 Å². The van der Waals surface area contributed by atoms with Gasteiger partial charge in [0.2, 0.25) is 0 Å². The minimum absolute atomic E-state index is 0.0253. The molecule has 2 N–H and O–H groups in total. The first kappa shape index (κ1) is 26.8. The molecule has 0 radical (unpaired) electrons. The van der Waals surface area contributed by atoms with Crippen LogP contribution in [0.15, 0.2) is 73.3 Å². The van der Waals surface area contributed by atoms with Crippen molar-refractivity contribution in [3.8, 4) is 0 Å². The van der Waals surface area contributed by atoms with Gasteiger partial charge in [0.05, 0.1) is 18.8 Å². The number of aliphatic hydroxyl groups excluding tert-OH is 2. The Kier molecular flexibility index (Phi) is 9.23. The predicted octanol–water partition coefficient (Wildman–Crippen LogP) is 2.62. The summed E-state index contributed by atoms with van der Waals surface area (Å²) in [7, 11) is -1.24. The summed E-state index contributed by atoms with van der Waals surface area (Å²) in [5, 5.41) is 23.1. The molecule has 5 atom stereocenters. The van der Waals surface area contributed by atoms with Gasteiger partial charge in [-0.05, 0) is 15.4 Å². The lowest BCUT2D eigenvalue weighted by Crippen LogP contribution is -2.67. The van der Waals surface area contributed by atoms with Crippen LogP contribution in [0.5, 0.6) is 0 Å². The van der Waals surface area contributed by atoms with E-state index in [2.05, 4.69) is 51.6 Å². The van der Waals surface area contributed by atoms with E-state index in [4.69, 9.17) is 18.6 Å². The molecule has 1 heterocycles. The fourth-order valence-corrected chi connectivity index (χ4v) is 9.37. The lowest BCUT2D eigenvalue weighted by Gasteiger charge is -2.43. The van der Waals surface area contributed by atoms with E-state index in [1.165, 1.54) is 23.6 Å². The van der Waals surface area contributed by atoms with Crippen LogP contribution in [0.1, 0.15) is 27.2 Å². The minimum Gasteiger partial charge on any atom is -0.405 e. The zero-order valence-electron chi connectivity index (χ0n) is 20.6. The Morgan fingerprint density at radius 3 is 2.06 bits per heavy atom. The molecule has 34 heavy (non-hydrogen) atoms. The van der Waals surface area contributed by atoms with Gasteiger partial charge in [-0.2, -0.15) is 0 Å². The highest BCUT2D eigenvalue weighted by Crippen LogP contribution is 2.38. The first-order chi connectivity index (χ1) is 16.2. The van der Waals surface area contributed by atoms with E-state index in [9.17, 15) is 10.2 Å². The normalized spacial score (nSPS) is 24.2. The first-order valence-electron chi connectivity index (χ1n) is 11.7. The highest BCUT2D eigenvalue weighted by Gasteiger charge is 2.52. The summed E-state index contributed by atoms with van der Waals surface area (Å²) in [4.78, 5) is 0. The number of hydrogen-bond acceptors (Lipinski definition) is 6. The summed E-state index contributed by atoms with van der Waals surface area (Å²) >= 11 is 0. The monoisotopic (exact) mass is 486 g/mol. The summed E-state index contributed by atoms with van der Waals surface area (Å²) in [6.07, 6.45) is -1.78. The average Bonchev–Trinajstić information content (AvgIpc) is 3.12. The van der Waals surface area contributed by atoms with E-state index in [-0.39, 0.29) is 24.9 Å². The van der Waals surface area contributed by atoms with Crippen molar-refractivity contribution >= 4 is 18.7 Å². The second-order valence-corrected chi connectivity index (χ2v) is 14.1. The van der Waals surface area contributed by atoms with Gasteiger partial charge in [0, 0.05) is 13.5 Å². The Labute approximate surface area is 204 Å². The highest BCUT2D eigenvalue weighted by molar-refractivity contribution is 6.99. The number of aliphatic hydroxyl groups is 2. The topological polar surface area (TPSA) is 77.4 Å². The van der Waals surface area contributed by atoms with Crippen molar-refractivity contribution in [3.63, 3.8) is 0 Å². The number of methoxy groups -OCH3 is 1. The standard InChI is InChI=1S/C27H38O6Si/c1-6-20(28)17-23-25(29)26(31-19-30-5)24(33-23)18-32-34(27(2,3)4,21-13-9-7-10-14-21)22-15-11-8-12-16-22/h6-16,20,23-26,28-29H,1,17-19H2,2-5H3/t20?,23-,24-,25+,26+/m1/s1. The number of hydrogen-bond donors (Lipinski definition) is 2. The molecular weight excluding hydrogens is 448 g/mol. The second-order valence-electron chi connectivity index (χ2n) is 9.75. The van der Waals surface area contributed by atoms with Crippen LogP contribution in [0.2, 0.25) is 5.04 Å².